The Balaban J connectivity index is 1.29. The lowest BCUT2D eigenvalue weighted by molar-refractivity contribution is 0.590. The molecule has 0 amide bonds. The molecule has 3 heterocycles. The van der Waals surface area contributed by atoms with Gasteiger partial charge >= 0.3 is 0 Å². The Hall–Kier alpha value is -7.34. The van der Waals surface area contributed by atoms with Gasteiger partial charge in [-0.25, -0.2) is 0 Å². The Labute approximate surface area is 488 Å². The maximum absolute atomic E-state index is 2.68. The highest BCUT2D eigenvalue weighted by Crippen LogP contribution is 2.55. The highest BCUT2D eigenvalue weighted by molar-refractivity contribution is 7.26. The summed E-state index contributed by atoms with van der Waals surface area (Å²) in [5.41, 5.74) is 25.8. The first-order valence-electron chi connectivity index (χ1n) is 29.4. The maximum atomic E-state index is 2.68. The molecule has 10 aromatic rings. The Morgan fingerprint density at radius 1 is 0.383 bits per heavy atom. The normalized spacial score (nSPS) is 13.7. The summed E-state index contributed by atoms with van der Waals surface area (Å²) < 4.78 is 2.54. The molecule has 0 fully saturated rings. The van der Waals surface area contributed by atoms with Crippen molar-refractivity contribution >= 4 is 106 Å². The molecule has 0 bridgehead atoms. The zero-order valence-electron chi connectivity index (χ0n) is 51.1. The number of thiophene rings is 1. The lowest BCUT2D eigenvalue weighted by Gasteiger charge is -2.46. The summed E-state index contributed by atoms with van der Waals surface area (Å²) in [7, 11) is 0. The molecule has 2 aliphatic heterocycles. The van der Waals surface area contributed by atoms with Gasteiger partial charge in [0.1, 0.15) is 0 Å². The molecule has 12 rings (SSSR count). The van der Waals surface area contributed by atoms with Gasteiger partial charge < -0.3 is 14.7 Å². The quantitative estimate of drug-likeness (QED) is 0.154. The van der Waals surface area contributed by atoms with Crippen LogP contribution in [0.4, 0.5) is 51.2 Å². The predicted molar refractivity (Wildman–Crippen MR) is 356 cm³/mol. The summed E-state index contributed by atoms with van der Waals surface area (Å²) in [6, 6.07) is 69.2. The second kappa shape index (κ2) is 19.1. The van der Waals surface area contributed by atoms with Crippen LogP contribution >= 0.6 is 11.3 Å². The number of nitrogens with zero attached hydrogens (tertiary/aromatic N) is 3. The molecular weight excluding hydrogens is 998 g/mol. The molecule has 408 valence electrons. The van der Waals surface area contributed by atoms with E-state index in [0.29, 0.717) is 0 Å². The number of hydrogen-bond acceptors (Lipinski definition) is 4. The van der Waals surface area contributed by atoms with Crippen molar-refractivity contribution < 1.29 is 0 Å². The Bertz CT molecular complexity index is 3990. The number of aryl methyl sites for hydroxylation is 2. The van der Waals surface area contributed by atoms with Crippen molar-refractivity contribution in [3.8, 4) is 11.1 Å². The van der Waals surface area contributed by atoms with Gasteiger partial charge in [-0.15, -0.1) is 11.3 Å². The van der Waals surface area contributed by atoms with Gasteiger partial charge in [-0.05, 0) is 169 Å². The van der Waals surface area contributed by atoms with E-state index < -0.39 is 0 Å². The molecule has 0 atom stereocenters. The average Bonchev–Trinajstić information content (AvgIpc) is 3.96. The Morgan fingerprint density at radius 2 is 0.815 bits per heavy atom. The van der Waals surface area contributed by atoms with Crippen LogP contribution in [-0.4, -0.2) is 6.71 Å². The first-order chi connectivity index (χ1) is 38.1. The van der Waals surface area contributed by atoms with E-state index in [2.05, 4.69) is 308 Å². The monoisotopic (exact) mass is 1080 g/mol. The molecule has 0 saturated carbocycles. The summed E-state index contributed by atoms with van der Waals surface area (Å²) in [6.45, 7) is 39.2. The van der Waals surface area contributed by atoms with E-state index in [1.54, 1.807) is 0 Å². The van der Waals surface area contributed by atoms with Gasteiger partial charge in [0.15, 0.2) is 0 Å². The van der Waals surface area contributed by atoms with E-state index in [1.807, 2.05) is 11.3 Å². The zero-order valence-corrected chi connectivity index (χ0v) is 51.9. The minimum absolute atomic E-state index is 0.00587. The van der Waals surface area contributed by atoms with Gasteiger partial charge in [0.25, 0.3) is 6.71 Å². The second-order valence-corrected chi connectivity index (χ2v) is 29.6. The van der Waals surface area contributed by atoms with E-state index in [9.17, 15) is 0 Å². The first-order valence-corrected chi connectivity index (χ1v) is 30.2. The summed E-state index contributed by atoms with van der Waals surface area (Å²) in [5.74, 6) is 0. The van der Waals surface area contributed by atoms with Gasteiger partial charge in [-0.3, -0.25) is 0 Å². The van der Waals surface area contributed by atoms with Crippen LogP contribution in [0, 0.1) is 13.8 Å². The van der Waals surface area contributed by atoms with Crippen molar-refractivity contribution in [1.29, 1.82) is 0 Å². The molecule has 0 N–H and O–H groups in total. The first kappa shape index (κ1) is 54.3. The van der Waals surface area contributed by atoms with Crippen LogP contribution in [0.5, 0.6) is 0 Å². The summed E-state index contributed by atoms with van der Waals surface area (Å²) in [6.07, 6.45) is 0. The standard InChI is InChI=1S/C76H80BN3S/c1-47-40-48(2)42-49(41-47)50-43-65-68-66(44-50)80(59-37-28-54(29-38-59)75(12,13)14)69-63(77(68)62-45-55(76(15,16)17)30-39-64(62)79(65)58-35-26-53(27-36-58)74(9,10)11)46-61-60-20-18-19-21-67(60)81-71(61)70(69)78(56-31-22-51(23-32-56)72(3,4)5)57-33-24-52(25-34-57)73(6,7)8/h18-46H,1-17H3. The molecule has 81 heavy (non-hydrogen) atoms. The van der Waals surface area contributed by atoms with Gasteiger partial charge in [-0.2, -0.15) is 0 Å². The molecule has 0 saturated heterocycles. The van der Waals surface area contributed by atoms with Crippen LogP contribution < -0.4 is 31.1 Å². The van der Waals surface area contributed by atoms with E-state index in [-0.39, 0.29) is 33.8 Å². The van der Waals surface area contributed by atoms with Crippen LogP contribution in [0.25, 0.3) is 31.3 Å². The molecule has 3 nitrogen and oxygen atoms in total. The van der Waals surface area contributed by atoms with Crippen LogP contribution in [0.1, 0.15) is 143 Å². The van der Waals surface area contributed by atoms with Crippen LogP contribution in [0.15, 0.2) is 176 Å². The zero-order chi connectivity index (χ0) is 57.5. The van der Waals surface area contributed by atoms with Crippen molar-refractivity contribution in [2.75, 3.05) is 14.7 Å². The van der Waals surface area contributed by atoms with Gasteiger partial charge in [0.05, 0.1) is 16.1 Å². The van der Waals surface area contributed by atoms with Crippen molar-refractivity contribution in [1.82, 2.24) is 0 Å². The van der Waals surface area contributed by atoms with E-state index in [0.717, 1.165) is 22.7 Å². The molecule has 0 unspecified atom stereocenters. The summed E-state index contributed by atoms with van der Waals surface area (Å²) in [5, 5.41) is 2.56. The summed E-state index contributed by atoms with van der Waals surface area (Å²) >= 11 is 1.92. The smallest absolute Gasteiger partial charge is 0.252 e. The topological polar surface area (TPSA) is 9.72 Å². The highest BCUT2D eigenvalue weighted by Gasteiger charge is 2.47. The fourth-order valence-corrected chi connectivity index (χ4v) is 13.9. The van der Waals surface area contributed by atoms with Crippen LogP contribution in [0.3, 0.4) is 0 Å². The lowest BCUT2D eigenvalue weighted by Crippen LogP contribution is -2.61. The Kier molecular flexibility index (Phi) is 12.8. The van der Waals surface area contributed by atoms with E-state index in [4.69, 9.17) is 0 Å². The van der Waals surface area contributed by atoms with Gasteiger partial charge in [-0.1, -0.05) is 218 Å². The third kappa shape index (κ3) is 9.58. The largest absolute Gasteiger partial charge is 0.311 e. The highest BCUT2D eigenvalue weighted by atomic mass is 32.1. The Morgan fingerprint density at radius 3 is 1.31 bits per heavy atom. The maximum Gasteiger partial charge on any atom is 0.252 e. The lowest BCUT2D eigenvalue weighted by atomic mass is 9.33. The SMILES string of the molecule is Cc1cc(C)cc(-c2cc3c4c(c2)N(c2ccc(C(C)(C)C)cc2)c2c(cc5c(sc6ccccc65)c2N(c2ccc(C(C)(C)C)cc2)c2ccc(C(C)(C)C)cc2)B4c2cc(C(C)(C)C)ccc2N3c2ccc(C(C)(C)C)cc2)c1. The van der Waals surface area contributed by atoms with Crippen molar-refractivity contribution in [3.63, 3.8) is 0 Å². The fraction of sp³-hybridized carbons (Fsp3) is 0.289. The minimum atomic E-state index is -0.138. The molecule has 1 aromatic heterocycles. The van der Waals surface area contributed by atoms with E-state index in [1.165, 1.54) is 115 Å². The van der Waals surface area contributed by atoms with Crippen molar-refractivity contribution in [3.05, 3.63) is 215 Å². The molecule has 2 aliphatic rings. The number of hydrogen-bond donors (Lipinski definition) is 0. The van der Waals surface area contributed by atoms with E-state index >= 15 is 0 Å². The molecular formula is C76H80BN3S. The van der Waals surface area contributed by atoms with Gasteiger partial charge in [0.2, 0.25) is 0 Å². The molecule has 0 spiro atoms. The van der Waals surface area contributed by atoms with Gasteiger partial charge in [0, 0.05) is 55.3 Å². The number of fused-ring (bicyclic) bond motifs is 7. The van der Waals surface area contributed by atoms with Crippen molar-refractivity contribution in [2.45, 2.75) is 145 Å². The fourth-order valence-electron chi connectivity index (χ4n) is 12.7. The van der Waals surface area contributed by atoms with Crippen LogP contribution in [0.2, 0.25) is 0 Å². The third-order valence-electron chi connectivity index (χ3n) is 17.3. The number of benzene rings is 9. The molecule has 9 aromatic carbocycles. The molecule has 5 heteroatoms. The predicted octanol–water partition coefficient (Wildman–Crippen LogP) is 20.4. The molecule has 0 radical (unpaired) electrons. The second-order valence-electron chi connectivity index (χ2n) is 28.6. The van der Waals surface area contributed by atoms with Crippen LogP contribution in [-0.2, 0) is 27.1 Å². The number of rotatable bonds is 6. The van der Waals surface area contributed by atoms with Crippen molar-refractivity contribution in [2.24, 2.45) is 0 Å². The average molecular weight is 1080 g/mol. The number of anilines is 9. The minimum Gasteiger partial charge on any atom is -0.311 e. The third-order valence-corrected chi connectivity index (χ3v) is 18.5. The summed E-state index contributed by atoms with van der Waals surface area (Å²) in [4.78, 5) is 7.90. The molecule has 0 aliphatic carbocycles.